The molecule has 1 aromatic carbocycles. The van der Waals surface area contributed by atoms with Gasteiger partial charge in [0.1, 0.15) is 0 Å². The minimum atomic E-state index is -0.953. The normalized spacial score (nSPS) is 20.9. The number of hydrogen-bond acceptors (Lipinski definition) is 2. The number of hydrogen-bond donors (Lipinski definition) is 1. The summed E-state index contributed by atoms with van der Waals surface area (Å²) in [5, 5.41) is 3.28. The van der Waals surface area contributed by atoms with Crippen molar-refractivity contribution in [2.75, 3.05) is 26.2 Å². The summed E-state index contributed by atoms with van der Waals surface area (Å²) in [6, 6.07) is 9.39. The average Bonchev–Trinajstić information content (AvgIpc) is 2.58. The molecule has 0 aromatic heterocycles. The van der Waals surface area contributed by atoms with E-state index < -0.39 is 6.30 Å². The van der Waals surface area contributed by atoms with Crippen molar-refractivity contribution in [2.24, 2.45) is 0 Å². The van der Waals surface area contributed by atoms with E-state index in [4.69, 9.17) is 0 Å². The molecular formula is C12H17FN2. The van der Waals surface area contributed by atoms with Crippen LogP contribution < -0.4 is 5.32 Å². The minimum Gasteiger partial charge on any atom is -0.315 e. The number of alkyl halides is 1. The maximum Gasteiger partial charge on any atom is 0.179 e. The van der Waals surface area contributed by atoms with Gasteiger partial charge in [-0.15, -0.1) is 0 Å². The smallest absolute Gasteiger partial charge is 0.179 e. The van der Waals surface area contributed by atoms with Crippen LogP contribution in [0.3, 0.4) is 0 Å². The molecule has 15 heavy (non-hydrogen) atoms. The molecule has 2 nitrogen and oxygen atoms in total. The first-order chi connectivity index (χ1) is 7.38. The summed E-state index contributed by atoms with van der Waals surface area (Å²) in [7, 11) is 0. The molecule has 1 N–H and O–H groups in total. The highest BCUT2D eigenvalue weighted by Crippen LogP contribution is 2.22. The van der Waals surface area contributed by atoms with E-state index >= 15 is 0 Å². The van der Waals surface area contributed by atoms with E-state index in [0.717, 1.165) is 38.2 Å². The zero-order valence-electron chi connectivity index (χ0n) is 8.82. The van der Waals surface area contributed by atoms with Gasteiger partial charge >= 0.3 is 0 Å². The SMILES string of the molecule is FC(c1ccccc1)N1CCCNCC1. The molecular weight excluding hydrogens is 191 g/mol. The van der Waals surface area contributed by atoms with E-state index in [-0.39, 0.29) is 0 Å². The first kappa shape index (κ1) is 10.6. The monoisotopic (exact) mass is 208 g/mol. The second-order valence-electron chi connectivity index (χ2n) is 3.89. The van der Waals surface area contributed by atoms with Crippen LogP contribution in [-0.4, -0.2) is 31.1 Å². The van der Waals surface area contributed by atoms with Crippen LogP contribution in [0.2, 0.25) is 0 Å². The molecule has 1 atom stereocenters. The van der Waals surface area contributed by atoms with Crippen molar-refractivity contribution in [2.45, 2.75) is 12.7 Å². The maximum atomic E-state index is 14.1. The van der Waals surface area contributed by atoms with Gasteiger partial charge in [0.25, 0.3) is 0 Å². The molecule has 1 fully saturated rings. The Kier molecular flexibility index (Phi) is 3.69. The number of halogens is 1. The van der Waals surface area contributed by atoms with E-state index in [1.165, 1.54) is 0 Å². The zero-order valence-corrected chi connectivity index (χ0v) is 8.82. The molecule has 1 heterocycles. The lowest BCUT2D eigenvalue weighted by atomic mass is 10.2. The molecule has 3 heteroatoms. The number of nitrogens with one attached hydrogen (secondary N) is 1. The minimum absolute atomic E-state index is 0.763. The quantitative estimate of drug-likeness (QED) is 0.747. The van der Waals surface area contributed by atoms with Crippen molar-refractivity contribution >= 4 is 0 Å². The molecule has 2 rings (SSSR count). The largest absolute Gasteiger partial charge is 0.315 e. The first-order valence-electron chi connectivity index (χ1n) is 5.52. The molecule has 0 aliphatic carbocycles. The Morgan fingerprint density at radius 3 is 2.73 bits per heavy atom. The van der Waals surface area contributed by atoms with Gasteiger partial charge in [-0.25, -0.2) is 4.39 Å². The molecule has 1 aliphatic heterocycles. The highest BCUT2D eigenvalue weighted by molar-refractivity contribution is 5.17. The Hall–Kier alpha value is -0.930. The molecule has 0 radical (unpaired) electrons. The van der Waals surface area contributed by atoms with E-state index in [1.54, 1.807) is 0 Å². The summed E-state index contributed by atoms with van der Waals surface area (Å²) >= 11 is 0. The number of nitrogens with zero attached hydrogens (tertiary/aromatic N) is 1. The molecule has 1 aromatic rings. The molecule has 82 valence electrons. The van der Waals surface area contributed by atoms with Gasteiger partial charge in [0.05, 0.1) is 0 Å². The van der Waals surface area contributed by atoms with Gasteiger partial charge in [0.15, 0.2) is 6.30 Å². The van der Waals surface area contributed by atoms with Gasteiger partial charge in [0, 0.05) is 25.2 Å². The molecule has 1 aliphatic rings. The Balaban J connectivity index is 2.03. The third-order valence-electron chi connectivity index (χ3n) is 2.77. The van der Waals surface area contributed by atoms with E-state index in [9.17, 15) is 4.39 Å². The van der Waals surface area contributed by atoms with Gasteiger partial charge in [-0.3, -0.25) is 4.90 Å². The van der Waals surface area contributed by atoms with Crippen molar-refractivity contribution in [3.63, 3.8) is 0 Å². The van der Waals surface area contributed by atoms with Crippen LogP contribution in [0.15, 0.2) is 30.3 Å². The van der Waals surface area contributed by atoms with Crippen LogP contribution in [0.5, 0.6) is 0 Å². The molecule has 0 spiro atoms. The fourth-order valence-corrected chi connectivity index (χ4v) is 1.92. The molecule has 1 unspecified atom stereocenters. The molecule has 0 bridgehead atoms. The third kappa shape index (κ3) is 2.76. The molecule has 0 saturated carbocycles. The maximum absolute atomic E-state index is 14.1. The van der Waals surface area contributed by atoms with Crippen molar-refractivity contribution in [3.8, 4) is 0 Å². The van der Waals surface area contributed by atoms with Crippen LogP contribution >= 0.6 is 0 Å². The van der Waals surface area contributed by atoms with Crippen molar-refractivity contribution in [1.29, 1.82) is 0 Å². The highest BCUT2D eigenvalue weighted by atomic mass is 19.1. The Bertz CT molecular complexity index is 281. The van der Waals surface area contributed by atoms with Crippen LogP contribution in [0.1, 0.15) is 18.3 Å². The van der Waals surface area contributed by atoms with Gasteiger partial charge < -0.3 is 5.32 Å². The second kappa shape index (κ2) is 5.24. The predicted molar refractivity (Wildman–Crippen MR) is 59.4 cm³/mol. The van der Waals surface area contributed by atoms with E-state index in [0.29, 0.717) is 0 Å². The topological polar surface area (TPSA) is 15.3 Å². The summed E-state index contributed by atoms with van der Waals surface area (Å²) in [6.07, 6.45) is 0.0684. The third-order valence-corrected chi connectivity index (χ3v) is 2.77. The van der Waals surface area contributed by atoms with E-state index in [2.05, 4.69) is 5.32 Å². The van der Waals surface area contributed by atoms with Gasteiger partial charge in [-0.1, -0.05) is 30.3 Å². The summed E-state index contributed by atoms with van der Waals surface area (Å²) in [5.41, 5.74) is 0.763. The second-order valence-corrected chi connectivity index (χ2v) is 3.89. The first-order valence-corrected chi connectivity index (χ1v) is 5.52. The average molecular weight is 208 g/mol. The number of benzene rings is 1. The van der Waals surface area contributed by atoms with Crippen LogP contribution in [0.4, 0.5) is 4.39 Å². The molecule has 0 amide bonds. The lowest BCUT2D eigenvalue weighted by Crippen LogP contribution is -2.30. The van der Waals surface area contributed by atoms with Crippen molar-refractivity contribution in [1.82, 2.24) is 10.2 Å². The van der Waals surface area contributed by atoms with Gasteiger partial charge in [-0.2, -0.15) is 0 Å². The highest BCUT2D eigenvalue weighted by Gasteiger charge is 2.19. The van der Waals surface area contributed by atoms with Gasteiger partial charge in [0.2, 0.25) is 0 Å². The Labute approximate surface area is 90.1 Å². The summed E-state index contributed by atoms with van der Waals surface area (Å²) < 4.78 is 14.1. The summed E-state index contributed by atoms with van der Waals surface area (Å²) in [4.78, 5) is 1.90. The van der Waals surface area contributed by atoms with Crippen LogP contribution in [0.25, 0.3) is 0 Å². The number of rotatable bonds is 2. The Morgan fingerprint density at radius 2 is 1.93 bits per heavy atom. The van der Waals surface area contributed by atoms with Crippen molar-refractivity contribution < 1.29 is 4.39 Å². The van der Waals surface area contributed by atoms with Gasteiger partial charge in [-0.05, 0) is 13.0 Å². The fraction of sp³-hybridized carbons (Fsp3) is 0.500. The van der Waals surface area contributed by atoms with Crippen LogP contribution in [-0.2, 0) is 0 Å². The lowest BCUT2D eigenvalue weighted by Gasteiger charge is -2.24. The lowest BCUT2D eigenvalue weighted by molar-refractivity contribution is 0.0892. The predicted octanol–water partition coefficient (Wildman–Crippen LogP) is 1.95. The zero-order chi connectivity index (χ0) is 10.5. The fourth-order valence-electron chi connectivity index (χ4n) is 1.92. The van der Waals surface area contributed by atoms with Crippen molar-refractivity contribution in [3.05, 3.63) is 35.9 Å². The Morgan fingerprint density at radius 1 is 1.13 bits per heavy atom. The molecule has 1 saturated heterocycles. The van der Waals surface area contributed by atoms with E-state index in [1.807, 2.05) is 35.2 Å². The standard InChI is InChI=1S/C12H17FN2/c13-12(11-5-2-1-3-6-11)15-9-4-7-14-8-10-15/h1-3,5-6,12,14H,4,7-10H2. The summed E-state index contributed by atoms with van der Waals surface area (Å²) in [5.74, 6) is 0. The summed E-state index contributed by atoms with van der Waals surface area (Å²) in [6.45, 7) is 3.50. The van der Waals surface area contributed by atoms with Crippen LogP contribution in [0, 0.1) is 0 Å².